The van der Waals surface area contributed by atoms with Gasteiger partial charge >= 0.3 is 5.97 Å². The van der Waals surface area contributed by atoms with Crippen LogP contribution >= 0.6 is 0 Å². The van der Waals surface area contributed by atoms with E-state index in [1.807, 2.05) is 20.8 Å². The van der Waals surface area contributed by atoms with Gasteiger partial charge in [0.1, 0.15) is 17.4 Å². The van der Waals surface area contributed by atoms with Gasteiger partial charge in [0.05, 0.1) is 4.90 Å². The first kappa shape index (κ1) is 23.0. The van der Waals surface area contributed by atoms with Gasteiger partial charge in [-0.2, -0.15) is 4.72 Å². The highest BCUT2D eigenvalue weighted by molar-refractivity contribution is 7.89. The van der Waals surface area contributed by atoms with Gasteiger partial charge in [0.2, 0.25) is 10.0 Å². The molecule has 0 aliphatic carbocycles. The van der Waals surface area contributed by atoms with Gasteiger partial charge in [0, 0.05) is 18.5 Å². The van der Waals surface area contributed by atoms with Gasteiger partial charge in [-0.3, -0.25) is 10.2 Å². The molecular formula is C19H30N4O5S. The number of carboxylic acid groups (broad SMARTS) is 1. The summed E-state index contributed by atoms with van der Waals surface area (Å²) in [6.45, 7) is 9.43. The molecule has 0 spiro atoms. The van der Waals surface area contributed by atoms with Gasteiger partial charge in [0.15, 0.2) is 5.96 Å². The summed E-state index contributed by atoms with van der Waals surface area (Å²) in [7, 11) is -4.07. The number of hydrogen-bond acceptors (Lipinski definition) is 5. The molecule has 10 heteroatoms. The summed E-state index contributed by atoms with van der Waals surface area (Å²) in [5.74, 6) is -0.759. The van der Waals surface area contributed by atoms with Crippen molar-refractivity contribution in [2.45, 2.75) is 70.4 Å². The number of fused-ring (bicyclic) bond motifs is 1. The van der Waals surface area contributed by atoms with E-state index in [2.05, 4.69) is 10.0 Å². The summed E-state index contributed by atoms with van der Waals surface area (Å²) in [6.07, 6.45) is 0.978. The third-order valence-corrected chi connectivity index (χ3v) is 6.89. The average molecular weight is 427 g/mol. The molecule has 9 nitrogen and oxygen atoms in total. The number of hydrogen-bond donors (Lipinski definition) is 5. The van der Waals surface area contributed by atoms with Crippen LogP contribution in [0.2, 0.25) is 0 Å². The lowest BCUT2D eigenvalue weighted by Gasteiger charge is -2.21. The van der Waals surface area contributed by atoms with E-state index < -0.39 is 27.6 Å². The predicted octanol–water partition coefficient (Wildman–Crippen LogP) is 1.32. The summed E-state index contributed by atoms with van der Waals surface area (Å²) >= 11 is 0. The lowest BCUT2D eigenvalue weighted by Crippen LogP contribution is -2.42. The largest absolute Gasteiger partial charge is 0.487 e. The van der Waals surface area contributed by atoms with Gasteiger partial charge in [-0.1, -0.05) is 0 Å². The standard InChI is InChI=1S/C19H30N4O5S/c1-10-11(2)16(12(3)13-9-19(4,5)28-15(10)13)29(26,27)23-14(17(24)25)7-6-8-22-18(20)21/h14,23H,6-9H2,1-5H3,(H,24,25)(H4,20,21,22). The SMILES string of the molecule is Cc1c(C)c(S(=O)(=O)NC(CCCNC(=N)N)C(=O)O)c(C)c2c1OC(C)(C)C2. The highest BCUT2D eigenvalue weighted by atomic mass is 32.2. The molecule has 1 aromatic rings. The molecule has 0 radical (unpaired) electrons. The number of benzene rings is 1. The van der Waals surface area contributed by atoms with Gasteiger partial charge in [-0.25, -0.2) is 8.42 Å². The number of sulfonamides is 1. The number of nitrogens with two attached hydrogens (primary N) is 1. The molecule has 162 valence electrons. The molecule has 0 saturated carbocycles. The Balaban J connectivity index is 2.34. The molecule has 1 aliphatic rings. The van der Waals surface area contributed by atoms with Gasteiger partial charge in [-0.05, 0) is 64.2 Å². The molecule has 0 saturated heterocycles. The van der Waals surface area contributed by atoms with Crippen LogP contribution in [0, 0.1) is 26.2 Å². The third kappa shape index (κ3) is 4.99. The van der Waals surface area contributed by atoms with Crippen LogP contribution in [-0.4, -0.2) is 43.6 Å². The van der Waals surface area contributed by atoms with Crippen LogP contribution in [0.1, 0.15) is 48.9 Å². The molecule has 0 aromatic heterocycles. The van der Waals surface area contributed by atoms with Crippen molar-refractivity contribution in [2.24, 2.45) is 5.73 Å². The van der Waals surface area contributed by atoms with Crippen molar-refractivity contribution < 1.29 is 23.1 Å². The van der Waals surface area contributed by atoms with Crippen molar-refractivity contribution in [3.8, 4) is 5.75 Å². The van der Waals surface area contributed by atoms with Crippen LogP contribution in [0.15, 0.2) is 4.90 Å². The van der Waals surface area contributed by atoms with Crippen molar-refractivity contribution in [1.82, 2.24) is 10.0 Å². The number of nitrogens with one attached hydrogen (secondary N) is 3. The van der Waals surface area contributed by atoms with E-state index in [0.29, 0.717) is 29.7 Å². The normalized spacial score (nSPS) is 16.0. The van der Waals surface area contributed by atoms with Crippen LogP contribution < -0.4 is 20.5 Å². The predicted molar refractivity (Wildman–Crippen MR) is 110 cm³/mol. The van der Waals surface area contributed by atoms with E-state index in [9.17, 15) is 18.3 Å². The Bertz CT molecular complexity index is 941. The molecule has 1 aliphatic heterocycles. The maximum Gasteiger partial charge on any atom is 0.321 e. The van der Waals surface area contributed by atoms with Crippen LogP contribution in [-0.2, 0) is 21.2 Å². The highest BCUT2D eigenvalue weighted by Gasteiger charge is 2.37. The van der Waals surface area contributed by atoms with Gasteiger partial charge in [-0.15, -0.1) is 0 Å². The molecule has 29 heavy (non-hydrogen) atoms. The molecular weight excluding hydrogens is 396 g/mol. The smallest absolute Gasteiger partial charge is 0.321 e. The number of rotatable bonds is 8. The Morgan fingerprint density at radius 1 is 1.28 bits per heavy atom. The second-order valence-corrected chi connectivity index (χ2v) is 9.70. The van der Waals surface area contributed by atoms with Crippen LogP contribution in [0.3, 0.4) is 0 Å². The molecule has 1 unspecified atom stereocenters. The maximum absolute atomic E-state index is 13.2. The Hall–Kier alpha value is -2.33. The monoisotopic (exact) mass is 426 g/mol. The maximum atomic E-state index is 13.2. The van der Waals surface area contributed by atoms with E-state index >= 15 is 0 Å². The van der Waals surface area contributed by atoms with Crippen molar-refractivity contribution >= 4 is 22.0 Å². The molecule has 1 aromatic carbocycles. The van der Waals surface area contributed by atoms with E-state index in [4.69, 9.17) is 15.9 Å². The summed E-state index contributed by atoms with van der Waals surface area (Å²) in [6, 6.07) is -1.28. The number of carbonyl (C=O) groups is 1. The molecule has 6 N–H and O–H groups in total. The van der Waals surface area contributed by atoms with Crippen LogP contribution in [0.4, 0.5) is 0 Å². The molecule has 0 amide bonds. The zero-order chi connectivity index (χ0) is 22.1. The molecule has 1 atom stereocenters. The quantitative estimate of drug-likeness (QED) is 0.238. The second kappa shape index (κ2) is 8.19. The number of ether oxygens (including phenoxy) is 1. The van der Waals surface area contributed by atoms with Gasteiger partial charge < -0.3 is 20.9 Å². The molecule has 0 bridgehead atoms. The topological polar surface area (TPSA) is 155 Å². The Labute approximate surface area is 171 Å². The first-order valence-electron chi connectivity index (χ1n) is 9.41. The van der Waals surface area contributed by atoms with E-state index in [-0.39, 0.29) is 23.8 Å². The third-order valence-electron chi connectivity index (χ3n) is 5.14. The minimum absolute atomic E-state index is 0.0625. The van der Waals surface area contributed by atoms with Gasteiger partial charge in [0.25, 0.3) is 0 Å². The first-order chi connectivity index (χ1) is 13.3. The van der Waals surface area contributed by atoms with Crippen LogP contribution in [0.25, 0.3) is 0 Å². The molecule has 1 heterocycles. The fraction of sp³-hybridized carbons (Fsp3) is 0.579. The Morgan fingerprint density at radius 3 is 2.45 bits per heavy atom. The fourth-order valence-electron chi connectivity index (χ4n) is 3.66. The number of carboxylic acids is 1. The summed E-state index contributed by atoms with van der Waals surface area (Å²) in [5.41, 5.74) is 7.49. The summed E-state index contributed by atoms with van der Waals surface area (Å²) < 4.78 is 34.7. The minimum Gasteiger partial charge on any atom is -0.487 e. The summed E-state index contributed by atoms with van der Waals surface area (Å²) in [5, 5.41) is 19.2. The average Bonchev–Trinajstić information content (AvgIpc) is 2.91. The second-order valence-electron chi connectivity index (χ2n) is 8.05. The van der Waals surface area contributed by atoms with Crippen molar-refractivity contribution in [2.75, 3.05) is 6.54 Å². The highest BCUT2D eigenvalue weighted by Crippen LogP contribution is 2.43. The van der Waals surface area contributed by atoms with Crippen LogP contribution in [0.5, 0.6) is 5.75 Å². The Kier molecular flexibility index (Phi) is 6.48. The van der Waals surface area contributed by atoms with E-state index in [1.54, 1.807) is 13.8 Å². The fourth-order valence-corrected chi connectivity index (χ4v) is 5.45. The lowest BCUT2D eigenvalue weighted by molar-refractivity contribution is -0.139. The van der Waals surface area contributed by atoms with E-state index in [0.717, 1.165) is 11.1 Å². The molecule has 2 rings (SSSR count). The van der Waals surface area contributed by atoms with Crippen molar-refractivity contribution in [1.29, 1.82) is 5.41 Å². The van der Waals surface area contributed by atoms with Crippen molar-refractivity contribution in [3.63, 3.8) is 0 Å². The zero-order valence-corrected chi connectivity index (χ0v) is 18.3. The Morgan fingerprint density at radius 2 is 1.90 bits per heavy atom. The summed E-state index contributed by atoms with van der Waals surface area (Å²) in [4.78, 5) is 11.7. The number of guanidine groups is 1. The number of aliphatic carboxylic acids is 1. The first-order valence-corrected chi connectivity index (χ1v) is 10.9. The van der Waals surface area contributed by atoms with Crippen molar-refractivity contribution in [3.05, 3.63) is 22.3 Å². The zero-order valence-electron chi connectivity index (χ0n) is 17.5. The molecule has 0 fully saturated rings. The minimum atomic E-state index is -4.07. The van der Waals surface area contributed by atoms with E-state index in [1.165, 1.54) is 0 Å². The lowest BCUT2D eigenvalue weighted by atomic mass is 9.94.